The molecule has 0 saturated carbocycles. The van der Waals surface area contributed by atoms with Gasteiger partial charge in [-0.3, -0.25) is 0 Å². The van der Waals surface area contributed by atoms with Crippen LogP contribution in [0.25, 0.3) is 33.3 Å². The maximum Gasteiger partial charge on any atom is 0.268 e. The number of hydrogen-bond donors (Lipinski definition) is 0. The van der Waals surface area contributed by atoms with Gasteiger partial charge < -0.3 is 0 Å². The van der Waals surface area contributed by atoms with E-state index in [1.807, 2.05) is 97.9 Å². The molecule has 0 spiro atoms. The van der Waals surface area contributed by atoms with Gasteiger partial charge in [-0.05, 0) is 48.4 Å². The summed E-state index contributed by atoms with van der Waals surface area (Å²) < 4.78 is 30.5. The second kappa shape index (κ2) is 8.08. The third-order valence-corrected chi connectivity index (χ3v) is 7.83. The van der Waals surface area contributed by atoms with Gasteiger partial charge in [-0.1, -0.05) is 94.3 Å². The van der Waals surface area contributed by atoms with Crippen LogP contribution < -0.4 is 0 Å². The summed E-state index contributed by atoms with van der Waals surface area (Å²) in [6, 6.07) is 32.4. The van der Waals surface area contributed by atoms with Crippen molar-refractivity contribution in [3.63, 3.8) is 0 Å². The lowest BCUT2D eigenvalue weighted by Gasteiger charge is -2.14. The smallest absolute Gasteiger partial charge is 0.233 e. The first-order valence-corrected chi connectivity index (χ1v) is 12.5. The molecule has 0 aliphatic carbocycles. The van der Waals surface area contributed by atoms with E-state index in [4.69, 9.17) is 0 Å². The maximum atomic E-state index is 14.0. The van der Waals surface area contributed by atoms with Crippen LogP contribution >= 0.6 is 15.9 Å². The summed E-state index contributed by atoms with van der Waals surface area (Å²) in [6.07, 6.45) is 0. The van der Waals surface area contributed by atoms with Crippen molar-refractivity contribution in [1.29, 1.82) is 0 Å². The van der Waals surface area contributed by atoms with Crippen molar-refractivity contribution < 1.29 is 8.42 Å². The van der Waals surface area contributed by atoms with Crippen molar-refractivity contribution in [2.24, 2.45) is 0 Å². The molecule has 158 valence electrons. The van der Waals surface area contributed by atoms with Gasteiger partial charge in [0.25, 0.3) is 10.0 Å². The van der Waals surface area contributed by atoms with E-state index in [0.717, 1.165) is 32.1 Å². The Kier molecular flexibility index (Phi) is 5.24. The molecule has 1 heterocycles. The van der Waals surface area contributed by atoms with Crippen LogP contribution in [0.15, 0.2) is 112 Å². The van der Waals surface area contributed by atoms with E-state index < -0.39 is 10.0 Å². The molecule has 1 aromatic heterocycles. The molecule has 0 atom stereocenters. The zero-order valence-electron chi connectivity index (χ0n) is 17.4. The van der Waals surface area contributed by atoms with Gasteiger partial charge in [0.15, 0.2) is 0 Å². The van der Waals surface area contributed by atoms with Crippen LogP contribution in [-0.4, -0.2) is 12.4 Å². The molecule has 0 fully saturated rings. The average molecular weight is 502 g/mol. The number of benzene rings is 4. The first-order valence-electron chi connectivity index (χ1n) is 10.2. The van der Waals surface area contributed by atoms with Gasteiger partial charge in [-0.2, -0.15) is 0 Å². The molecule has 0 unspecified atom stereocenters. The summed E-state index contributed by atoms with van der Waals surface area (Å²) >= 11 is 3.49. The van der Waals surface area contributed by atoms with E-state index in [1.54, 1.807) is 12.1 Å². The van der Waals surface area contributed by atoms with Gasteiger partial charge in [0, 0.05) is 15.4 Å². The lowest BCUT2D eigenvalue weighted by atomic mass is 9.98. The molecular formula is C27H20BrNO2S. The average Bonchev–Trinajstić information content (AvgIpc) is 3.16. The van der Waals surface area contributed by atoms with Crippen LogP contribution in [0, 0.1) is 6.92 Å². The van der Waals surface area contributed by atoms with Gasteiger partial charge >= 0.3 is 0 Å². The molecule has 0 aliphatic heterocycles. The van der Waals surface area contributed by atoms with E-state index >= 15 is 0 Å². The van der Waals surface area contributed by atoms with Crippen LogP contribution in [0.5, 0.6) is 0 Å². The van der Waals surface area contributed by atoms with Crippen LogP contribution in [0.3, 0.4) is 0 Å². The number of aromatic nitrogens is 1. The van der Waals surface area contributed by atoms with Crippen LogP contribution in [-0.2, 0) is 10.0 Å². The highest BCUT2D eigenvalue weighted by atomic mass is 79.9. The van der Waals surface area contributed by atoms with Gasteiger partial charge in [-0.25, -0.2) is 12.4 Å². The predicted octanol–water partition coefficient (Wildman–Crippen LogP) is 7.28. The Balaban J connectivity index is 1.94. The van der Waals surface area contributed by atoms with Crippen molar-refractivity contribution >= 4 is 36.9 Å². The Labute approximate surface area is 196 Å². The van der Waals surface area contributed by atoms with Crippen molar-refractivity contribution in [2.75, 3.05) is 0 Å². The molecule has 5 rings (SSSR count). The highest BCUT2D eigenvalue weighted by Crippen LogP contribution is 2.43. The van der Waals surface area contributed by atoms with Gasteiger partial charge in [0.05, 0.1) is 16.1 Å². The number of hydrogen-bond acceptors (Lipinski definition) is 2. The second-order valence-electron chi connectivity index (χ2n) is 7.70. The first kappa shape index (κ1) is 20.7. The molecule has 3 nitrogen and oxygen atoms in total. The predicted molar refractivity (Wildman–Crippen MR) is 134 cm³/mol. The Morgan fingerprint density at radius 2 is 1.31 bits per heavy atom. The van der Waals surface area contributed by atoms with E-state index in [-0.39, 0.29) is 4.90 Å². The lowest BCUT2D eigenvalue weighted by molar-refractivity contribution is 0.589. The van der Waals surface area contributed by atoms with Crippen molar-refractivity contribution in [3.8, 4) is 22.4 Å². The van der Waals surface area contributed by atoms with Crippen LogP contribution in [0.2, 0.25) is 0 Å². The van der Waals surface area contributed by atoms with Gasteiger partial charge in [0.2, 0.25) is 0 Å². The Morgan fingerprint density at radius 3 is 2.00 bits per heavy atom. The third-order valence-electron chi connectivity index (χ3n) is 5.57. The van der Waals surface area contributed by atoms with E-state index in [9.17, 15) is 8.42 Å². The molecule has 0 saturated heterocycles. The summed E-state index contributed by atoms with van der Waals surface area (Å²) in [5, 5.41) is 0.896. The maximum absolute atomic E-state index is 14.0. The van der Waals surface area contributed by atoms with Gasteiger partial charge in [-0.15, -0.1) is 0 Å². The van der Waals surface area contributed by atoms with Crippen molar-refractivity contribution in [3.05, 3.63) is 113 Å². The minimum atomic E-state index is -3.85. The topological polar surface area (TPSA) is 39.1 Å². The summed E-state index contributed by atoms with van der Waals surface area (Å²) in [6.45, 7) is 1.95. The number of halogens is 1. The number of aryl methyl sites for hydroxylation is 1. The minimum absolute atomic E-state index is 0.266. The number of para-hydroxylation sites is 1. The molecule has 4 aromatic carbocycles. The fraction of sp³-hybridized carbons (Fsp3) is 0.0370. The molecule has 0 aliphatic rings. The monoisotopic (exact) mass is 501 g/mol. The van der Waals surface area contributed by atoms with Crippen molar-refractivity contribution in [2.45, 2.75) is 11.8 Å². The quantitative estimate of drug-likeness (QED) is 0.259. The van der Waals surface area contributed by atoms with E-state index in [1.165, 1.54) is 3.97 Å². The number of nitrogens with zero attached hydrogens (tertiary/aromatic N) is 1. The molecular weight excluding hydrogens is 482 g/mol. The standard InChI is InChI=1S/C27H20BrNO2S/c1-19-11-17-23(18-12-19)32(30,31)29-25-10-6-5-9-24(25)26(20-7-3-2-4-8-20)27(29)21-13-15-22(28)16-14-21/h2-18H,1H3. The van der Waals surface area contributed by atoms with E-state index in [2.05, 4.69) is 15.9 Å². The van der Waals surface area contributed by atoms with Gasteiger partial charge in [0.1, 0.15) is 0 Å². The normalized spacial score (nSPS) is 11.7. The Bertz CT molecular complexity index is 1520. The second-order valence-corrected chi connectivity index (χ2v) is 10.4. The molecule has 0 radical (unpaired) electrons. The fourth-order valence-electron chi connectivity index (χ4n) is 4.04. The summed E-state index contributed by atoms with van der Waals surface area (Å²) in [5.41, 5.74) is 5.03. The fourth-order valence-corrected chi connectivity index (χ4v) is 5.85. The molecule has 0 bridgehead atoms. The highest BCUT2D eigenvalue weighted by Gasteiger charge is 2.28. The molecule has 0 N–H and O–H groups in total. The lowest BCUT2D eigenvalue weighted by Crippen LogP contribution is -2.14. The molecule has 32 heavy (non-hydrogen) atoms. The number of rotatable bonds is 4. The summed E-state index contributed by atoms with van der Waals surface area (Å²) in [4.78, 5) is 0.266. The molecule has 5 aromatic rings. The van der Waals surface area contributed by atoms with Crippen LogP contribution in [0.4, 0.5) is 0 Å². The van der Waals surface area contributed by atoms with Crippen molar-refractivity contribution in [1.82, 2.24) is 3.97 Å². The third kappa shape index (κ3) is 3.48. The molecule has 0 amide bonds. The first-order chi connectivity index (χ1) is 15.5. The minimum Gasteiger partial charge on any atom is -0.233 e. The summed E-state index contributed by atoms with van der Waals surface area (Å²) in [5.74, 6) is 0. The summed E-state index contributed by atoms with van der Waals surface area (Å²) in [7, 11) is -3.85. The zero-order valence-corrected chi connectivity index (χ0v) is 19.8. The SMILES string of the molecule is Cc1ccc(S(=O)(=O)n2c(-c3ccc(Br)cc3)c(-c3ccccc3)c3ccccc32)cc1. The van der Waals surface area contributed by atoms with Crippen LogP contribution in [0.1, 0.15) is 5.56 Å². The number of fused-ring (bicyclic) bond motifs is 1. The Hall–Kier alpha value is -3.15. The largest absolute Gasteiger partial charge is 0.268 e. The molecule has 5 heteroatoms. The van der Waals surface area contributed by atoms with E-state index in [0.29, 0.717) is 11.2 Å². The Morgan fingerprint density at radius 1 is 0.688 bits per heavy atom. The highest BCUT2D eigenvalue weighted by molar-refractivity contribution is 9.10. The zero-order chi connectivity index (χ0) is 22.3.